The fourth-order valence-electron chi connectivity index (χ4n) is 4.02. The minimum Gasteiger partial charge on any atom is -0.468 e. The van der Waals surface area contributed by atoms with Crippen molar-refractivity contribution in [2.75, 3.05) is 53.0 Å². The summed E-state index contributed by atoms with van der Waals surface area (Å²) in [6, 6.07) is -0.00885. The van der Waals surface area contributed by atoms with Gasteiger partial charge in [0.05, 0.1) is 33.5 Å². The number of aliphatic hydroxyl groups is 1. The molecule has 1 aliphatic heterocycles. The number of hydrogen-bond donors (Lipinski definition) is 3. The third-order valence-corrected chi connectivity index (χ3v) is 8.02. The molecular weight excluding hydrogens is 651 g/mol. The first-order valence-electron chi connectivity index (χ1n) is 14.6. The number of anilines is 1. The Hall–Kier alpha value is -3.45. The first-order chi connectivity index (χ1) is 22.2. The second-order valence-corrected chi connectivity index (χ2v) is 11.3. The van der Waals surface area contributed by atoms with Crippen LogP contribution in [0.25, 0.3) is 0 Å². The molecule has 2 heterocycles. The number of rotatable bonds is 17. The molecule has 0 aromatic carbocycles. The molecule has 20 heteroatoms. The summed E-state index contributed by atoms with van der Waals surface area (Å²) in [4.78, 5) is 65.9. The van der Waals surface area contributed by atoms with Crippen LogP contribution in [0.3, 0.4) is 0 Å². The van der Waals surface area contributed by atoms with Crippen LogP contribution < -0.4 is 16.5 Å². The van der Waals surface area contributed by atoms with Gasteiger partial charge in [0.25, 0.3) is 0 Å². The maximum atomic E-state index is 14.0. The topological polar surface area (TPSA) is 252 Å². The van der Waals surface area contributed by atoms with Crippen LogP contribution in [0.4, 0.5) is 5.82 Å². The summed E-state index contributed by atoms with van der Waals surface area (Å²) in [6.07, 6.45) is -3.84. The summed E-state index contributed by atoms with van der Waals surface area (Å²) in [5.74, 6) is -4.26. The number of nitrogen functional groups attached to an aromatic ring is 1. The van der Waals surface area contributed by atoms with Crippen molar-refractivity contribution in [3.8, 4) is 0 Å². The van der Waals surface area contributed by atoms with Gasteiger partial charge in [0, 0.05) is 20.2 Å². The molecule has 1 saturated heterocycles. The Morgan fingerprint density at radius 1 is 1.11 bits per heavy atom. The molecule has 0 aliphatic carbocycles. The molecule has 1 aliphatic rings. The number of methoxy groups -OCH3 is 2. The lowest BCUT2D eigenvalue weighted by Crippen LogP contribution is -2.50. The number of aliphatic hydroxyl groups excluding tert-OH is 1. The fraction of sp³-hybridized carbons (Fsp3) is 0.704. The van der Waals surface area contributed by atoms with E-state index in [2.05, 4.69) is 14.8 Å². The van der Waals surface area contributed by atoms with Crippen LogP contribution in [0.5, 0.6) is 0 Å². The average molecular weight is 697 g/mol. The van der Waals surface area contributed by atoms with E-state index in [4.69, 9.17) is 38.5 Å². The van der Waals surface area contributed by atoms with Crippen molar-refractivity contribution in [1.29, 1.82) is 0 Å². The van der Waals surface area contributed by atoms with E-state index in [0.717, 1.165) is 18.6 Å². The monoisotopic (exact) mass is 696 g/mol. The van der Waals surface area contributed by atoms with Crippen molar-refractivity contribution in [2.45, 2.75) is 72.1 Å². The van der Waals surface area contributed by atoms with Gasteiger partial charge in [-0.05, 0) is 26.8 Å². The van der Waals surface area contributed by atoms with E-state index in [0.29, 0.717) is 0 Å². The number of aromatic nitrogens is 2. The summed E-state index contributed by atoms with van der Waals surface area (Å²) in [6.45, 7) is 6.09. The molecule has 2 rings (SSSR count). The predicted octanol–water partition coefficient (Wildman–Crippen LogP) is 0.0931. The van der Waals surface area contributed by atoms with E-state index in [9.17, 15) is 33.6 Å². The quantitative estimate of drug-likeness (QED) is 0.0844. The molecule has 0 spiro atoms. The van der Waals surface area contributed by atoms with Crippen molar-refractivity contribution in [1.82, 2.24) is 14.6 Å². The van der Waals surface area contributed by atoms with E-state index < -0.39 is 93.1 Å². The van der Waals surface area contributed by atoms with Crippen molar-refractivity contribution in [3.05, 3.63) is 22.7 Å². The molecular formula is C27H45N4O15P. The number of carbonyl (C=O) groups is 4. The van der Waals surface area contributed by atoms with Crippen LogP contribution in [-0.2, 0) is 61.2 Å². The van der Waals surface area contributed by atoms with Crippen molar-refractivity contribution >= 4 is 37.4 Å². The van der Waals surface area contributed by atoms with Gasteiger partial charge >= 0.3 is 37.3 Å². The molecule has 1 fully saturated rings. The molecule has 0 bridgehead atoms. The number of carbonyl (C=O) groups excluding carboxylic acids is 4. The standard InChI is InChI=1S/C25H39N4O15P.C2H6/c1-7-39-22(33)25(12-41-15(4)30,23(34)40-8-2)13-43-45(36,28-14(3)21(32)38-6)42-11-16-18(31)19(37-5)20(44-16)29-10-9-17(26)27-24(29)35;1-2/h9-10,14,16,18-20,31H,7-8,11-13H2,1-6H3,(H,28,36)(H2,26,27,35);1-2H3/t14-,16?,18?,19?,20?,45?;/m0./s1. The average Bonchev–Trinajstić information content (AvgIpc) is 3.35. The van der Waals surface area contributed by atoms with Crippen LogP contribution in [0.1, 0.15) is 47.8 Å². The van der Waals surface area contributed by atoms with Crippen LogP contribution in [0.15, 0.2) is 17.1 Å². The summed E-state index contributed by atoms with van der Waals surface area (Å²) in [5.41, 5.74) is 2.27. The van der Waals surface area contributed by atoms with Gasteiger partial charge in [-0.2, -0.15) is 4.98 Å². The minimum absolute atomic E-state index is 0.0528. The largest absolute Gasteiger partial charge is 0.468 e. The van der Waals surface area contributed by atoms with E-state index in [1.807, 2.05) is 13.8 Å². The summed E-state index contributed by atoms with van der Waals surface area (Å²) >= 11 is 0. The van der Waals surface area contributed by atoms with E-state index in [1.54, 1.807) is 0 Å². The molecule has 4 N–H and O–H groups in total. The Morgan fingerprint density at radius 3 is 2.19 bits per heavy atom. The van der Waals surface area contributed by atoms with Gasteiger partial charge in [-0.1, -0.05) is 13.8 Å². The first kappa shape index (κ1) is 41.6. The maximum absolute atomic E-state index is 14.0. The zero-order valence-corrected chi connectivity index (χ0v) is 28.6. The summed E-state index contributed by atoms with van der Waals surface area (Å²) < 4.78 is 56.8. The zero-order valence-electron chi connectivity index (χ0n) is 27.7. The number of nitrogens with zero attached hydrogens (tertiary/aromatic N) is 2. The molecule has 0 amide bonds. The Kier molecular flexibility index (Phi) is 17.2. The lowest BCUT2D eigenvalue weighted by atomic mass is 9.90. The van der Waals surface area contributed by atoms with Gasteiger partial charge in [0.2, 0.25) is 5.41 Å². The highest BCUT2D eigenvalue weighted by Gasteiger charge is 2.53. The number of nitrogens with one attached hydrogen (secondary N) is 1. The lowest BCUT2D eigenvalue weighted by Gasteiger charge is -2.30. The van der Waals surface area contributed by atoms with Crippen LogP contribution in [0, 0.1) is 5.41 Å². The molecule has 0 saturated carbocycles. The Morgan fingerprint density at radius 2 is 1.70 bits per heavy atom. The highest BCUT2D eigenvalue weighted by Crippen LogP contribution is 2.47. The molecule has 1 aromatic rings. The van der Waals surface area contributed by atoms with E-state index in [-0.39, 0.29) is 19.0 Å². The van der Waals surface area contributed by atoms with Gasteiger partial charge in [-0.3, -0.25) is 32.8 Å². The third-order valence-electron chi connectivity index (χ3n) is 6.36. The number of esters is 4. The van der Waals surface area contributed by atoms with Gasteiger partial charge in [-0.25, -0.2) is 14.4 Å². The van der Waals surface area contributed by atoms with Crippen LogP contribution in [-0.4, -0.2) is 110 Å². The lowest BCUT2D eigenvalue weighted by molar-refractivity contribution is -0.181. The molecule has 0 radical (unpaired) electrons. The van der Waals surface area contributed by atoms with E-state index >= 15 is 0 Å². The molecule has 47 heavy (non-hydrogen) atoms. The SMILES string of the molecule is CC.CCOC(=O)C(COC(C)=O)(COP(=O)(N[C@@H](C)C(=O)OC)OCC1OC(n2ccc(N)nc2=O)C(OC)C1O)C(=O)OCC. The maximum Gasteiger partial charge on any atom is 0.406 e. The number of nitrogens with two attached hydrogens (primary N) is 1. The predicted molar refractivity (Wildman–Crippen MR) is 161 cm³/mol. The van der Waals surface area contributed by atoms with Gasteiger partial charge in [0.1, 0.15) is 36.8 Å². The minimum atomic E-state index is -4.75. The highest BCUT2D eigenvalue weighted by molar-refractivity contribution is 7.51. The van der Waals surface area contributed by atoms with Crippen LogP contribution in [0.2, 0.25) is 0 Å². The van der Waals surface area contributed by atoms with Gasteiger partial charge < -0.3 is 39.3 Å². The number of ether oxygens (including phenoxy) is 6. The first-order valence-corrected chi connectivity index (χ1v) is 16.2. The second-order valence-electron chi connectivity index (χ2n) is 9.54. The van der Waals surface area contributed by atoms with Gasteiger partial charge in [0.15, 0.2) is 6.23 Å². The van der Waals surface area contributed by atoms with Crippen molar-refractivity contribution < 1.29 is 66.3 Å². The summed E-state index contributed by atoms with van der Waals surface area (Å²) in [5, 5.41) is 13.2. The molecule has 6 atom stereocenters. The van der Waals surface area contributed by atoms with Gasteiger partial charge in [-0.15, -0.1) is 0 Å². The van der Waals surface area contributed by atoms with Crippen molar-refractivity contribution in [3.63, 3.8) is 0 Å². The summed E-state index contributed by atoms with van der Waals surface area (Å²) in [7, 11) is -2.43. The third kappa shape index (κ3) is 11.1. The second kappa shape index (κ2) is 19.4. The number of hydrogen-bond acceptors (Lipinski definition) is 17. The Labute approximate surface area is 271 Å². The molecule has 19 nitrogen and oxygen atoms in total. The molecule has 5 unspecified atom stereocenters. The van der Waals surface area contributed by atoms with E-state index in [1.165, 1.54) is 40.1 Å². The fourth-order valence-corrected chi connectivity index (χ4v) is 5.56. The smallest absolute Gasteiger partial charge is 0.406 e. The zero-order chi connectivity index (χ0) is 35.9. The van der Waals surface area contributed by atoms with Crippen LogP contribution >= 0.6 is 7.75 Å². The highest BCUT2D eigenvalue weighted by atomic mass is 31.2. The Balaban J connectivity index is 0.00000541. The molecule has 268 valence electrons. The molecule has 1 aromatic heterocycles. The normalized spacial score (nSPS) is 21.0. The van der Waals surface area contributed by atoms with Crippen molar-refractivity contribution in [2.24, 2.45) is 5.41 Å². The Bertz CT molecular complexity index is 1290.